The van der Waals surface area contributed by atoms with Crippen molar-refractivity contribution in [3.05, 3.63) is 47.5 Å². The molecule has 34 heavy (non-hydrogen) atoms. The van der Waals surface area contributed by atoms with Gasteiger partial charge in [-0.3, -0.25) is 9.69 Å². The summed E-state index contributed by atoms with van der Waals surface area (Å²) in [6.07, 6.45) is 0. The Bertz CT molecular complexity index is 1200. The lowest BCUT2D eigenvalue weighted by molar-refractivity contribution is -0.116. The van der Waals surface area contributed by atoms with Crippen LogP contribution in [0.1, 0.15) is 20.8 Å². The Morgan fingerprint density at radius 1 is 1.06 bits per heavy atom. The molecule has 2 aromatic carbocycles. The highest BCUT2D eigenvalue weighted by Crippen LogP contribution is 2.34. The first-order chi connectivity index (χ1) is 15.8. The minimum Gasteiger partial charge on any atom is -0.492 e. The Hall–Kier alpha value is -1.91. The van der Waals surface area contributed by atoms with E-state index in [-0.39, 0.29) is 17.3 Å². The molecule has 0 aliphatic carbocycles. The highest BCUT2D eigenvalue weighted by molar-refractivity contribution is 7.92. The van der Waals surface area contributed by atoms with Gasteiger partial charge in [0.2, 0.25) is 5.91 Å². The number of carbonyl (C=O) groups is 1. The largest absolute Gasteiger partial charge is 0.492 e. The molecule has 1 aromatic heterocycles. The van der Waals surface area contributed by atoms with Gasteiger partial charge in [-0.15, -0.1) is 12.4 Å². The molecule has 11 heteroatoms. The van der Waals surface area contributed by atoms with E-state index in [4.69, 9.17) is 16.3 Å². The number of para-hydroxylation sites is 1. The van der Waals surface area contributed by atoms with Crippen LogP contribution >= 0.6 is 35.3 Å². The molecular formula is C23H29Cl2N3O4S2. The van der Waals surface area contributed by atoms with Crippen molar-refractivity contribution in [1.82, 2.24) is 9.88 Å². The Kier molecular flexibility index (Phi) is 10.6. The number of sulfone groups is 1. The van der Waals surface area contributed by atoms with Gasteiger partial charge in [-0.1, -0.05) is 42.9 Å². The number of halogens is 2. The number of aromatic nitrogens is 1. The molecule has 0 spiro atoms. The van der Waals surface area contributed by atoms with Crippen LogP contribution in [0.25, 0.3) is 10.2 Å². The fourth-order valence-corrected chi connectivity index (χ4v) is 5.72. The second-order valence-corrected chi connectivity index (χ2v) is 10.8. The van der Waals surface area contributed by atoms with Crippen LogP contribution in [0.3, 0.4) is 0 Å². The normalized spacial score (nSPS) is 11.4. The summed E-state index contributed by atoms with van der Waals surface area (Å²) < 4.78 is 32.4. The molecule has 0 saturated carbocycles. The molecule has 0 bridgehead atoms. The Balaban J connectivity index is 0.00000408. The van der Waals surface area contributed by atoms with Gasteiger partial charge in [0.15, 0.2) is 15.0 Å². The molecule has 0 unspecified atom stereocenters. The average molecular weight is 547 g/mol. The SMILES string of the molecule is CCOc1cccc2sc(N(CCN(CC)CC)C(=O)CS(=O)(=O)c3ccc(Cl)cc3)nc12.Cl. The quantitative estimate of drug-likeness (QED) is 0.340. The summed E-state index contributed by atoms with van der Waals surface area (Å²) in [7, 11) is -3.84. The van der Waals surface area contributed by atoms with Gasteiger partial charge in [-0.25, -0.2) is 13.4 Å². The summed E-state index contributed by atoms with van der Waals surface area (Å²) >= 11 is 7.23. The molecule has 0 saturated heterocycles. The predicted octanol–water partition coefficient (Wildman–Crippen LogP) is 4.92. The van der Waals surface area contributed by atoms with Gasteiger partial charge in [0, 0.05) is 18.1 Å². The topological polar surface area (TPSA) is 79.8 Å². The Labute approximate surface area is 216 Å². The van der Waals surface area contributed by atoms with Crippen molar-refractivity contribution in [2.45, 2.75) is 25.7 Å². The smallest absolute Gasteiger partial charge is 0.244 e. The fourth-order valence-electron chi connectivity index (χ4n) is 3.37. The van der Waals surface area contributed by atoms with Crippen LogP contribution in [-0.2, 0) is 14.6 Å². The van der Waals surface area contributed by atoms with Crippen molar-refractivity contribution >= 4 is 66.4 Å². The summed E-state index contributed by atoms with van der Waals surface area (Å²) in [6, 6.07) is 11.5. The number of anilines is 1. The number of ether oxygens (including phenoxy) is 1. The Morgan fingerprint density at radius 3 is 2.35 bits per heavy atom. The number of carbonyl (C=O) groups excluding carboxylic acids is 1. The minimum atomic E-state index is -3.84. The molecule has 186 valence electrons. The van der Waals surface area contributed by atoms with Crippen LogP contribution in [0.2, 0.25) is 5.02 Å². The van der Waals surface area contributed by atoms with E-state index in [0.29, 0.717) is 41.1 Å². The maximum atomic E-state index is 13.3. The van der Waals surface area contributed by atoms with E-state index in [1.54, 1.807) is 0 Å². The summed E-state index contributed by atoms with van der Waals surface area (Å²) in [6.45, 7) is 9.09. The van der Waals surface area contributed by atoms with Crippen LogP contribution < -0.4 is 9.64 Å². The highest BCUT2D eigenvalue weighted by atomic mass is 35.5. The number of likely N-dealkylation sites (N-methyl/N-ethyl adjacent to an activating group) is 1. The van der Waals surface area contributed by atoms with Crippen LogP contribution in [0, 0.1) is 0 Å². The zero-order valence-electron chi connectivity index (χ0n) is 19.4. The number of nitrogens with zero attached hydrogens (tertiary/aromatic N) is 3. The van der Waals surface area contributed by atoms with E-state index in [1.807, 2.05) is 39.0 Å². The van der Waals surface area contributed by atoms with Crippen molar-refractivity contribution < 1.29 is 17.9 Å². The van der Waals surface area contributed by atoms with E-state index in [0.717, 1.165) is 17.8 Å². The lowest BCUT2D eigenvalue weighted by Gasteiger charge is -2.24. The standard InChI is InChI=1S/C23H28ClN3O4S2.ClH/c1-4-26(5-2)14-15-27(21(28)16-33(29,30)18-12-10-17(24)11-13-18)23-25-22-19(31-6-3)8-7-9-20(22)32-23;/h7-13H,4-6,14-16H2,1-3H3;1H. The van der Waals surface area contributed by atoms with Gasteiger partial charge in [-0.05, 0) is 56.4 Å². The first-order valence-electron chi connectivity index (χ1n) is 10.8. The molecule has 0 fully saturated rings. The molecule has 0 aliphatic heterocycles. The number of hydrogen-bond donors (Lipinski definition) is 0. The van der Waals surface area contributed by atoms with Crippen molar-refractivity contribution in [3.63, 3.8) is 0 Å². The van der Waals surface area contributed by atoms with Gasteiger partial charge in [0.25, 0.3) is 0 Å². The maximum Gasteiger partial charge on any atom is 0.244 e. The number of thiazole rings is 1. The van der Waals surface area contributed by atoms with Crippen LogP contribution in [0.15, 0.2) is 47.4 Å². The molecule has 0 radical (unpaired) electrons. The van der Waals surface area contributed by atoms with Crippen molar-refractivity contribution in [3.8, 4) is 5.75 Å². The first-order valence-corrected chi connectivity index (χ1v) is 13.7. The molecule has 3 aromatic rings. The third-order valence-corrected chi connectivity index (χ3v) is 8.14. The zero-order valence-corrected chi connectivity index (χ0v) is 22.6. The summed E-state index contributed by atoms with van der Waals surface area (Å²) in [4.78, 5) is 21.7. The molecule has 0 aliphatic rings. The molecule has 1 heterocycles. The van der Waals surface area contributed by atoms with Crippen molar-refractivity contribution in [1.29, 1.82) is 0 Å². The van der Waals surface area contributed by atoms with Crippen molar-refractivity contribution in [2.75, 3.05) is 43.4 Å². The van der Waals surface area contributed by atoms with E-state index >= 15 is 0 Å². The molecule has 3 rings (SSSR count). The molecule has 1 amide bonds. The maximum absolute atomic E-state index is 13.3. The van der Waals surface area contributed by atoms with Gasteiger partial charge >= 0.3 is 0 Å². The molecular weight excluding hydrogens is 517 g/mol. The average Bonchev–Trinajstić information content (AvgIpc) is 3.22. The van der Waals surface area contributed by atoms with Gasteiger partial charge < -0.3 is 9.64 Å². The lowest BCUT2D eigenvalue weighted by Crippen LogP contribution is -2.41. The van der Waals surface area contributed by atoms with E-state index < -0.39 is 21.5 Å². The fraction of sp³-hybridized carbons (Fsp3) is 0.391. The van der Waals surface area contributed by atoms with Crippen molar-refractivity contribution in [2.24, 2.45) is 0 Å². The van der Waals surface area contributed by atoms with E-state index in [9.17, 15) is 13.2 Å². The number of hydrogen-bond acceptors (Lipinski definition) is 7. The monoisotopic (exact) mass is 545 g/mol. The zero-order chi connectivity index (χ0) is 24.0. The number of rotatable bonds is 11. The predicted molar refractivity (Wildman–Crippen MR) is 142 cm³/mol. The second kappa shape index (κ2) is 12.7. The summed E-state index contributed by atoms with van der Waals surface area (Å²) in [5.74, 6) is -0.530. The lowest BCUT2D eigenvalue weighted by atomic mass is 10.3. The van der Waals surface area contributed by atoms with Gasteiger partial charge in [0.1, 0.15) is 17.0 Å². The number of amides is 1. The van der Waals surface area contributed by atoms with Gasteiger partial charge in [-0.2, -0.15) is 0 Å². The highest BCUT2D eigenvalue weighted by Gasteiger charge is 2.27. The number of fused-ring (bicyclic) bond motifs is 1. The van der Waals surface area contributed by atoms with Crippen LogP contribution in [-0.4, -0.2) is 62.7 Å². The first kappa shape index (κ1) is 28.3. The minimum absolute atomic E-state index is 0. The Morgan fingerprint density at radius 2 is 1.74 bits per heavy atom. The molecule has 0 atom stereocenters. The summed E-state index contributed by atoms with van der Waals surface area (Å²) in [5, 5.41) is 0.890. The van der Waals surface area contributed by atoms with E-state index in [1.165, 1.54) is 40.5 Å². The van der Waals surface area contributed by atoms with Crippen LogP contribution in [0.4, 0.5) is 5.13 Å². The molecule has 0 N–H and O–H groups in total. The molecule has 7 nitrogen and oxygen atoms in total. The van der Waals surface area contributed by atoms with Gasteiger partial charge in [0.05, 0.1) is 16.2 Å². The van der Waals surface area contributed by atoms with E-state index in [2.05, 4.69) is 9.88 Å². The number of benzene rings is 2. The second-order valence-electron chi connectivity index (χ2n) is 7.32. The third kappa shape index (κ3) is 6.82. The summed E-state index contributed by atoms with van der Waals surface area (Å²) in [5.41, 5.74) is 0.667. The van der Waals surface area contributed by atoms with Crippen LogP contribution in [0.5, 0.6) is 5.75 Å². The third-order valence-electron chi connectivity index (χ3n) is 5.22.